The van der Waals surface area contributed by atoms with E-state index in [1.54, 1.807) is 10.7 Å². The van der Waals surface area contributed by atoms with Gasteiger partial charge in [0.1, 0.15) is 30.3 Å². The molecule has 3 atom stereocenters. The Kier molecular flexibility index (Phi) is 9.28. The number of carbonyl (C=O) groups is 2. The van der Waals surface area contributed by atoms with Gasteiger partial charge in [-0.2, -0.15) is 14.6 Å². The van der Waals surface area contributed by atoms with E-state index in [0.717, 1.165) is 56.6 Å². The second-order valence-electron chi connectivity index (χ2n) is 10.1. The van der Waals surface area contributed by atoms with Crippen LogP contribution in [0, 0.1) is 5.92 Å². The topological polar surface area (TPSA) is 142 Å². The van der Waals surface area contributed by atoms with Crippen LogP contribution in [0.5, 0.6) is 5.75 Å². The Balaban J connectivity index is 1.39. The number of benzene rings is 1. The van der Waals surface area contributed by atoms with Crippen LogP contribution in [0.3, 0.4) is 0 Å². The summed E-state index contributed by atoms with van der Waals surface area (Å²) in [5, 5.41) is 4.35. The molecule has 3 heterocycles. The molecule has 1 saturated heterocycles. The second kappa shape index (κ2) is 12.8. The van der Waals surface area contributed by atoms with E-state index in [9.17, 15) is 9.59 Å². The SMILES string of the molecule is CCc1c(CCC(CC)CC(=O)C(N)CC(N)=O)cccc1OCC1CCCN1c1ccnc2ncnn12. The molecule has 3 unspecified atom stereocenters. The number of amides is 1. The Morgan fingerprint density at radius 2 is 2.03 bits per heavy atom. The number of nitrogens with two attached hydrogens (primary N) is 2. The third kappa shape index (κ3) is 6.48. The number of carbonyl (C=O) groups excluding carboxylic acids is 2. The Bertz CT molecular complexity index is 1240. The van der Waals surface area contributed by atoms with Crippen LogP contribution in [0.1, 0.15) is 63.5 Å². The fourth-order valence-corrected chi connectivity index (χ4v) is 5.40. The molecule has 10 heteroatoms. The monoisotopic (exact) mass is 521 g/mol. The molecule has 1 aliphatic rings. The molecule has 1 amide bonds. The van der Waals surface area contributed by atoms with Crippen molar-refractivity contribution in [2.75, 3.05) is 18.1 Å². The number of aryl methyl sites for hydroxylation is 1. The number of nitrogens with zero attached hydrogens (tertiary/aromatic N) is 5. The van der Waals surface area contributed by atoms with Crippen LogP contribution in [-0.2, 0) is 22.4 Å². The van der Waals surface area contributed by atoms with E-state index >= 15 is 0 Å². The molecule has 3 aromatic rings. The van der Waals surface area contributed by atoms with E-state index < -0.39 is 11.9 Å². The zero-order chi connectivity index (χ0) is 27.1. The molecule has 0 aliphatic carbocycles. The third-order valence-corrected chi connectivity index (χ3v) is 7.57. The molecule has 2 aromatic heterocycles. The molecule has 0 spiro atoms. The lowest BCUT2D eigenvalue weighted by atomic mass is 9.88. The van der Waals surface area contributed by atoms with Crippen LogP contribution in [0.15, 0.2) is 36.8 Å². The Hall–Kier alpha value is -3.53. The van der Waals surface area contributed by atoms with Crippen LogP contribution in [0.4, 0.5) is 5.82 Å². The molecule has 1 fully saturated rings. The zero-order valence-corrected chi connectivity index (χ0v) is 22.4. The maximum atomic E-state index is 12.5. The summed E-state index contributed by atoms with van der Waals surface area (Å²) in [7, 11) is 0. The van der Waals surface area contributed by atoms with Crippen molar-refractivity contribution in [2.45, 2.75) is 77.3 Å². The second-order valence-corrected chi connectivity index (χ2v) is 10.1. The molecule has 10 nitrogen and oxygen atoms in total. The van der Waals surface area contributed by atoms with Gasteiger partial charge in [-0.3, -0.25) is 9.59 Å². The predicted octanol–water partition coefficient (Wildman–Crippen LogP) is 2.86. The minimum absolute atomic E-state index is 0.0954. The molecular weight excluding hydrogens is 482 g/mol. The minimum atomic E-state index is -0.813. The quantitative estimate of drug-likeness (QED) is 0.330. The van der Waals surface area contributed by atoms with E-state index in [4.69, 9.17) is 16.2 Å². The number of hydrogen-bond donors (Lipinski definition) is 2. The van der Waals surface area contributed by atoms with E-state index in [1.165, 1.54) is 17.5 Å². The van der Waals surface area contributed by atoms with Gasteiger partial charge in [0.25, 0.3) is 5.78 Å². The van der Waals surface area contributed by atoms with Crippen molar-refractivity contribution in [1.29, 1.82) is 0 Å². The first-order valence-corrected chi connectivity index (χ1v) is 13.6. The highest BCUT2D eigenvalue weighted by Crippen LogP contribution is 2.29. The van der Waals surface area contributed by atoms with Gasteiger partial charge in [0, 0.05) is 25.6 Å². The number of anilines is 1. The van der Waals surface area contributed by atoms with Crippen molar-refractivity contribution in [2.24, 2.45) is 17.4 Å². The largest absolute Gasteiger partial charge is 0.491 e. The summed E-state index contributed by atoms with van der Waals surface area (Å²) >= 11 is 0. The summed E-state index contributed by atoms with van der Waals surface area (Å²) in [6, 6.07) is 7.65. The number of ketones is 1. The van der Waals surface area contributed by atoms with Gasteiger partial charge in [-0.05, 0) is 61.3 Å². The molecule has 4 rings (SSSR count). The zero-order valence-electron chi connectivity index (χ0n) is 22.4. The molecule has 4 N–H and O–H groups in total. The number of hydrogen-bond acceptors (Lipinski definition) is 8. The predicted molar refractivity (Wildman–Crippen MR) is 146 cm³/mol. The van der Waals surface area contributed by atoms with Crippen LogP contribution in [0.2, 0.25) is 0 Å². The fraction of sp³-hybridized carbons (Fsp3) is 0.536. The summed E-state index contributed by atoms with van der Waals surface area (Å²) in [5.74, 6) is 2.07. The molecule has 204 valence electrons. The van der Waals surface area contributed by atoms with Crippen molar-refractivity contribution in [3.05, 3.63) is 47.9 Å². The number of aromatic nitrogens is 4. The Morgan fingerprint density at radius 3 is 2.79 bits per heavy atom. The van der Waals surface area contributed by atoms with Gasteiger partial charge in [-0.1, -0.05) is 32.4 Å². The molecule has 38 heavy (non-hydrogen) atoms. The van der Waals surface area contributed by atoms with Crippen molar-refractivity contribution in [1.82, 2.24) is 19.6 Å². The van der Waals surface area contributed by atoms with Crippen molar-refractivity contribution >= 4 is 23.3 Å². The summed E-state index contributed by atoms with van der Waals surface area (Å²) in [6.45, 7) is 5.75. The van der Waals surface area contributed by atoms with Crippen molar-refractivity contribution < 1.29 is 14.3 Å². The number of ether oxygens (including phenoxy) is 1. The van der Waals surface area contributed by atoms with Gasteiger partial charge in [0.15, 0.2) is 0 Å². The van der Waals surface area contributed by atoms with E-state index in [2.05, 4.69) is 39.9 Å². The lowest BCUT2D eigenvalue weighted by Crippen LogP contribution is -2.36. The summed E-state index contributed by atoms with van der Waals surface area (Å²) in [4.78, 5) is 34.4. The van der Waals surface area contributed by atoms with Crippen molar-refractivity contribution in [3.8, 4) is 5.75 Å². The van der Waals surface area contributed by atoms with Crippen molar-refractivity contribution in [3.63, 3.8) is 0 Å². The molecular formula is C28H39N7O3. The van der Waals surface area contributed by atoms with Gasteiger partial charge in [-0.15, -0.1) is 0 Å². The van der Waals surface area contributed by atoms with E-state index in [1.807, 2.05) is 18.2 Å². The number of primary amides is 1. The maximum absolute atomic E-state index is 12.5. The summed E-state index contributed by atoms with van der Waals surface area (Å²) in [6.07, 6.45) is 9.17. The average Bonchev–Trinajstić information content (AvgIpc) is 3.58. The van der Waals surface area contributed by atoms with E-state index in [0.29, 0.717) is 18.8 Å². The van der Waals surface area contributed by atoms with Gasteiger partial charge in [-0.25, -0.2) is 4.98 Å². The summed E-state index contributed by atoms with van der Waals surface area (Å²) < 4.78 is 8.23. The van der Waals surface area contributed by atoms with Crippen LogP contribution in [-0.4, -0.2) is 56.5 Å². The first kappa shape index (κ1) is 27.5. The van der Waals surface area contributed by atoms with E-state index in [-0.39, 0.29) is 24.2 Å². The maximum Gasteiger partial charge on any atom is 0.254 e. The van der Waals surface area contributed by atoms with Crippen LogP contribution >= 0.6 is 0 Å². The van der Waals surface area contributed by atoms with Crippen LogP contribution < -0.4 is 21.1 Å². The lowest BCUT2D eigenvalue weighted by Gasteiger charge is -2.27. The smallest absolute Gasteiger partial charge is 0.254 e. The Labute approximate surface area is 223 Å². The molecule has 0 radical (unpaired) electrons. The molecule has 0 bridgehead atoms. The van der Waals surface area contributed by atoms with Gasteiger partial charge < -0.3 is 21.1 Å². The lowest BCUT2D eigenvalue weighted by molar-refractivity contribution is -0.125. The number of fused-ring (bicyclic) bond motifs is 1. The number of rotatable bonds is 14. The molecule has 1 aromatic carbocycles. The highest BCUT2D eigenvalue weighted by molar-refractivity contribution is 5.89. The van der Waals surface area contributed by atoms with Crippen LogP contribution in [0.25, 0.3) is 5.78 Å². The number of Topliss-reactive ketones (excluding diaryl/α,β-unsaturated/α-hetero) is 1. The summed E-state index contributed by atoms with van der Waals surface area (Å²) in [5.41, 5.74) is 13.5. The average molecular weight is 522 g/mol. The van der Waals surface area contributed by atoms with Gasteiger partial charge >= 0.3 is 0 Å². The standard InChI is InChI=1S/C28H39N7O3/c1-3-19(15-24(36)23(29)16-26(30)37)10-11-20-7-5-9-25(22(20)4-2)38-17-21-8-6-14-34(21)27-12-13-31-28-32-18-33-35(27)28/h5,7,9,12-13,18-19,21,23H,3-4,6,8,10-11,14-17,29H2,1-2H3,(H2,30,37). The van der Waals surface area contributed by atoms with Gasteiger partial charge in [0.2, 0.25) is 5.91 Å². The molecule has 0 saturated carbocycles. The third-order valence-electron chi connectivity index (χ3n) is 7.57. The molecule has 1 aliphatic heterocycles. The normalized spacial score (nSPS) is 17.0. The minimum Gasteiger partial charge on any atom is -0.491 e. The Morgan fingerprint density at radius 1 is 1.18 bits per heavy atom. The fourth-order valence-electron chi connectivity index (χ4n) is 5.40. The first-order valence-electron chi connectivity index (χ1n) is 13.6. The first-order chi connectivity index (χ1) is 18.4. The highest BCUT2D eigenvalue weighted by atomic mass is 16.5. The highest BCUT2D eigenvalue weighted by Gasteiger charge is 2.28. The van der Waals surface area contributed by atoms with Gasteiger partial charge in [0.05, 0.1) is 12.1 Å².